The molecule has 2 atom stereocenters. The van der Waals surface area contributed by atoms with Crippen molar-refractivity contribution in [2.24, 2.45) is 17.3 Å². The van der Waals surface area contributed by atoms with Gasteiger partial charge in [0.2, 0.25) is 0 Å². The van der Waals surface area contributed by atoms with Crippen molar-refractivity contribution in [2.75, 3.05) is 0 Å². The highest BCUT2D eigenvalue weighted by Crippen LogP contribution is 2.40. The predicted molar refractivity (Wildman–Crippen MR) is 80.4 cm³/mol. The van der Waals surface area contributed by atoms with E-state index in [1.54, 1.807) is 12.1 Å². The minimum Gasteiger partial charge on any atom is -0.299 e. The lowest BCUT2D eigenvalue weighted by Gasteiger charge is -2.37. The quantitative estimate of drug-likeness (QED) is 0.762. The van der Waals surface area contributed by atoms with Crippen LogP contribution in [0.2, 0.25) is 5.02 Å². The van der Waals surface area contributed by atoms with Crippen LogP contribution in [0.3, 0.4) is 0 Å². The molecule has 0 radical (unpaired) electrons. The van der Waals surface area contributed by atoms with E-state index in [-0.39, 0.29) is 17.2 Å². The topological polar surface area (TPSA) is 17.1 Å². The minimum atomic E-state index is -0.276. The van der Waals surface area contributed by atoms with Gasteiger partial charge in [0.25, 0.3) is 0 Å². The zero-order chi connectivity index (χ0) is 14.9. The Morgan fingerprint density at radius 3 is 2.65 bits per heavy atom. The first kappa shape index (κ1) is 15.5. The largest absolute Gasteiger partial charge is 0.299 e. The summed E-state index contributed by atoms with van der Waals surface area (Å²) in [4.78, 5) is 12.3. The summed E-state index contributed by atoms with van der Waals surface area (Å²) in [5.41, 5.74) is 0.428. The second kappa shape index (κ2) is 5.85. The summed E-state index contributed by atoms with van der Waals surface area (Å²) in [5.74, 6) is 0.584. The van der Waals surface area contributed by atoms with E-state index in [4.69, 9.17) is 11.6 Å². The number of carbonyl (C=O) groups is 1. The molecule has 0 aliphatic heterocycles. The first-order chi connectivity index (χ1) is 9.29. The van der Waals surface area contributed by atoms with Crippen LogP contribution in [0.15, 0.2) is 18.2 Å². The van der Waals surface area contributed by atoms with E-state index in [0.29, 0.717) is 35.1 Å². The van der Waals surface area contributed by atoms with Gasteiger partial charge in [0, 0.05) is 17.4 Å². The Labute approximate surface area is 125 Å². The highest BCUT2D eigenvalue weighted by molar-refractivity contribution is 6.30. The van der Waals surface area contributed by atoms with Gasteiger partial charge in [0.1, 0.15) is 11.6 Å². The number of Topliss-reactive ketones (excluding diaryl/α,β-unsaturated/α-hetero) is 1. The fourth-order valence-electron chi connectivity index (χ4n) is 3.31. The van der Waals surface area contributed by atoms with E-state index >= 15 is 0 Å². The molecule has 0 aromatic heterocycles. The van der Waals surface area contributed by atoms with Crippen molar-refractivity contribution in [1.82, 2.24) is 0 Å². The van der Waals surface area contributed by atoms with Crippen molar-refractivity contribution in [1.29, 1.82) is 0 Å². The van der Waals surface area contributed by atoms with Crippen molar-refractivity contribution in [3.8, 4) is 0 Å². The Balaban J connectivity index is 2.16. The molecule has 1 aromatic rings. The van der Waals surface area contributed by atoms with Gasteiger partial charge in [-0.25, -0.2) is 4.39 Å². The van der Waals surface area contributed by atoms with Crippen LogP contribution in [0.1, 0.15) is 45.6 Å². The molecule has 0 amide bonds. The maximum atomic E-state index is 13.9. The van der Waals surface area contributed by atoms with E-state index in [1.807, 2.05) is 0 Å². The normalized spacial score (nSPS) is 23.9. The van der Waals surface area contributed by atoms with E-state index in [1.165, 1.54) is 6.07 Å². The average molecular weight is 297 g/mol. The standard InChI is InChI=1S/C17H22ClFO/c1-11-4-7-14(16(20)8-11)17(2,3)10-12-5-6-13(18)9-15(12)19/h5-6,9,11,14H,4,7-8,10H2,1-3H3. The van der Waals surface area contributed by atoms with Gasteiger partial charge in [-0.2, -0.15) is 0 Å². The van der Waals surface area contributed by atoms with Crippen LogP contribution >= 0.6 is 11.6 Å². The van der Waals surface area contributed by atoms with E-state index < -0.39 is 0 Å². The second-order valence-electron chi connectivity index (χ2n) is 6.81. The first-order valence-corrected chi connectivity index (χ1v) is 7.64. The number of rotatable bonds is 3. The molecule has 0 heterocycles. The fraction of sp³-hybridized carbons (Fsp3) is 0.588. The van der Waals surface area contributed by atoms with Crippen LogP contribution in [0.5, 0.6) is 0 Å². The van der Waals surface area contributed by atoms with Crippen molar-refractivity contribution in [3.63, 3.8) is 0 Å². The number of hydrogen-bond donors (Lipinski definition) is 0. The van der Waals surface area contributed by atoms with Gasteiger partial charge >= 0.3 is 0 Å². The van der Waals surface area contributed by atoms with Crippen LogP contribution in [0, 0.1) is 23.1 Å². The molecule has 0 N–H and O–H groups in total. The van der Waals surface area contributed by atoms with Crippen LogP contribution in [0.4, 0.5) is 4.39 Å². The summed E-state index contributed by atoms with van der Waals surface area (Å²) >= 11 is 5.78. The summed E-state index contributed by atoms with van der Waals surface area (Å²) in [5, 5.41) is 0.409. The molecule has 0 bridgehead atoms. The fourth-order valence-corrected chi connectivity index (χ4v) is 3.46. The molecular weight excluding hydrogens is 275 g/mol. The Hall–Kier alpha value is -0.890. The highest BCUT2D eigenvalue weighted by atomic mass is 35.5. The number of ketones is 1. The molecule has 3 heteroatoms. The highest BCUT2D eigenvalue weighted by Gasteiger charge is 2.38. The number of benzene rings is 1. The third-order valence-electron chi connectivity index (χ3n) is 4.49. The molecule has 110 valence electrons. The molecule has 2 unspecified atom stereocenters. The Kier molecular flexibility index (Phi) is 4.53. The van der Waals surface area contributed by atoms with Crippen molar-refractivity contribution in [3.05, 3.63) is 34.6 Å². The Bertz CT molecular complexity index is 510. The van der Waals surface area contributed by atoms with Gasteiger partial charge in [0.05, 0.1) is 0 Å². The molecule has 1 nitrogen and oxygen atoms in total. The Morgan fingerprint density at radius 2 is 2.05 bits per heavy atom. The van der Waals surface area contributed by atoms with Crippen molar-refractivity contribution < 1.29 is 9.18 Å². The van der Waals surface area contributed by atoms with Crippen molar-refractivity contribution in [2.45, 2.75) is 46.5 Å². The van der Waals surface area contributed by atoms with Crippen molar-refractivity contribution >= 4 is 17.4 Å². The summed E-state index contributed by atoms with van der Waals surface area (Å²) in [6.07, 6.45) is 3.24. The van der Waals surface area contributed by atoms with Gasteiger partial charge in [-0.15, -0.1) is 0 Å². The van der Waals surface area contributed by atoms with E-state index in [9.17, 15) is 9.18 Å². The third kappa shape index (κ3) is 3.41. The van der Waals surface area contributed by atoms with Gasteiger partial charge in [0.15, 0.2) is 0 Å². The molecule has 0 saturated heterocycles. The van der Waals surface area contributed by atoms with Crippen LogP contribution in [-0.4, -0.2) is 5.78 Å². The minimum absolute atomic E-state index is 0.0359. The molecule has 1 aliphatic carbocycles. The predicted octanol–water partition coefficient (Wildman–Crippen LogP) is 5.05. The van der Waals surface area contributed by atoms with Crippen LogP contribution in [-0.2, 0) is 11.2 Å². The molecule has 1 saturated carbocycles. The Morgan fingerprint density at radius 1 is 1.35 bits per heavy atom. The lowest BCUT2D eigenvalue weighted by molar-refractivity contribution is -0.129. The van der Waals surface area contributed by atoms with Crippen LogP contribution in [0.25, 0.3) is 0 Å². The lowest BCUT2D eigenvalue weighted by atomic mass is 9.66. The summed E-state index contributed by atoms with van der Waals surface area (Å²) < 4.78 is 13.9. The molecule has 2 rings (SSSR count). The smallest absolute Gasteiger partial charge is 0.136 e. The molecule has 20 heavy (non-hydrogen) atoms. The molecule has 0 spiro atoms. The van der Waals surface area contributed by atoms with Gasteiger partial charge in [-0.3, -0.25) is 4.79 Å². The SMILES string of the molecule is CC1CCC(C(C)(C)Cc2ccc(Cl)cc2F)C(=O)C1. The lowest BCUT2D eigenvalue weighted by Crippen LogP contribution is -2.37. The van der Waals surface area contributed by atoms with E-state index in [0.717, 1.165) is 12.8 Å². The molecular formula is C17H22ClFO. The maximum Gasteiger partial charge on any atom is 0.136 e. The van der Waals surface area contributed by atoms with Gasteiger partial charge < -0.3 is 0 Å². The van der Waals surface area contributed by atoms with E-state index in [2.05, 4.69) is 20.8 Å². The van der Waals surface area contributed by atoms with Crippen LogP contribution < -0.4 is 0 Å². The second-order valence-corrected chi connectivity index (χ2v) is 7.24. The number of carbonyl (C=O) groups excluding carboxylic acids is 1. The molecule has 1 fully saturated rings. The third-order valence-corrected chi connectivity index (χ3v) is 4.73. The molecule has 1 aliphatic rings. The number of hydrogen-bond acceptors (Lipinski definition) is 1. The monoisotopic (exact) mass is 296 g/mol. The summed E-state index contributed by atoms with van der Waals surface area (Å²) in [7, 11) is 0. The maximum absolute atomic E-state index is 13.9. The molecule has 1 aromatic carbocycles. The zero-order valence-electron chi connectivity index (χ0n) is 12.4. The van der Waals surface area contributed by atoms with Gasteiger partial charge in [-0.05, 0) is 48.3 Å². The van der Waals surface area contributed by atoms with Gasteiger partial charge in [-0.1, -0.05) is 38.4 Å². The summed E-state index contributed by atoms with van der Waals surface area (Å²) in [6, 6.07) is 4.79. The first-order valence-electron chi connectivity index (χ1n) is 7.26. The average Bonchev–Trinajstić information content (AvgIpc) is 2.32. The summed E-state index contributed by atoms with van der Waals surface area (Å²) in [6.45, 7) is 6.26. The zero-order valence-corrected chi connectivity index (χ0v) is 13.1. The number of halogens is 2.